The van der Waals surface area contributed by atoms with E-state index in [2.05, 4.69) is 98.9 Å². The van der Waals surface area contributed by atoms with Crippen molar-refractivity contribution in [1.82, 2.24) is 0 Å². The Hall–Kier alpha value is -4.27. The highest BCUT2D eigenvalue weighted by molar-refractivity contribution is 5.72. The number of carbonyl (C=O) groups is 3. The molecule has 0 amide bonds. The Morgan fingerprint density at radius 1 is 0.542 bits per heavy atom. The summed E-state index contributed by atoms with van der Waals surface area (Å²) in [5.74, 6) is -1.60. The van der Waals surface area contributed by atoms with Crippen molar-refractivity contribution in [1.29, 1.82) is 0 Å². The number of esters is 2. The third-order valence-corrected chi connectivity index (χ3v) is 8.95. The molecule has 8 nitrogen and oxygen atoms in total. The molecular weight excluding hydrogens is 739 g/mol. The van der Waals surface area contributed by atoms with Crippen molar-refractivity contribution in [2.24, 2.45) is 0 Å². The van der Waals surface area contributed by atoms with Gasteiger partial charge in [-0.1, -0.05) is 161 Å². The fraction of sp³-hybridized carbons (Fsp3) is 0.549. The molecule has 330 valence electrons. The van der Waals surface area contributed by atoms with Gasteiger partial charge in [0.2, 0.25) is 0 Å². The summed E-state index contributed by atoms with van der Waals surface area (Å²) < 4.78 is 17.2. The van der Waals surface area contributed by atoms with Crippen LogP contribution in [0.15, 0.2) is 122 Å². The van der Waals surface area contributed by atoms with Crippen molar-refractivity contribution in [3.63, 3.8) is 0 Å². The maximum Gasteiger partial charge on any atom is 0.362 e. The zero-order chi connectivity index (χ0) is 43.5. The first kappa shape index (κ1) is 54.7. The van der Waals surface area contributed by atoms with Gasteiger partial charge in [0.1, 0.15) is 6.61 Å². The predicted octanol–water partition coefficient (Wildman–Crippen LogP) is 12.2. The number of likely N-dealkylation sites (N-methyl/N-ethyl adjacent to an activating group) is 1. The molecule has 1 N–H and O–H groups in total. The number of quaternary nitrogens is 1. The maximum atomic E-state index is 12.7. The minimum absolute atomic E-state index is 0.0204. The topological polar surface area (TPSA) is 99.1 Å². The standard InChI is InChI=1S/C51H79NO7/c1-6-8-10-12-14-16-18-20-22-24-26-27-29-31-33-35-37-39-41-49(53)58-46-47(45-57-44-43-48(51(55)56)52(3,4)5)59-50(54)42-40-38-36-34-32-30-28-25-23-21-19-17-15-13-11-9-7-2/h9-12,14-18,20-24,26-28,30,34,36,47-48H,6-8,13,19,25,29,31-33,35,37-46H2,1-5H3/p+1/b11-9+,12-10+,16-14+,17-15+,20-18+,23-21+,24-22+,27-26+,30-28+,36-34+. The van der Waals surface area contributed by atoms with Gasteiger partial charge in [-0.2, -0.15) is 0 Å². The number of rotatable bonds is 37. The summed E-state index contributed by atoms with van der Waals surface area (Å²) in [6, 6.07) is -0.637. The van der Waals surface area contributed by atoms with Crippen LogP contribution in [0.3, 0.4) is 0 Å². The SMILES string of the molecule is CC/C=C/C/C=C/C/C=C/C/C=C/C/C=C/CCCC(=O)OC(COCCC(C(=O)O)[N+](C)(C)C)COC(=O)CCCCCCC/C=C/C=C/C=C/C=C/C=C/CCC. The Kier molecular flexibility index (Phi) is 37.6. The van der Waals surface area contributed by atoms with E-state index < -0.39 is 18.1 Å². The lowest BCUT2D eigenvalue weighted by molar-refractivity contribution is -0.887. The third kappa shape index (κ3) is 39.0. The molecule has 0 radical (unpaired) electrons. The molecule has 0 aliphatic rings. The molecule has 0 saturated heterocycles. The van der Waals surface area contributed by atoms with E-state index in [1.54, 1.807) is 0 Å². The van der Waals surface area contributed by atoms with E-state index in [0.717, 1.165) is 83.5 Å². The smallest absolute Gasteiger partial charge is 0.362 e. The van der Waals surface area contributed by atoms with Crippen LogP contribution in [0.2, 0.25) is 0 Å². The molecule has 59 heavy (non-hydrogen) atoms. The highest BCUT2D eigenvalue weighted by atomic mass is 16.6. The summed E-state index contributed by atoms with van der Waals surface area (Å²) in [7, 11) is 5.48. The lowest BCUT2D eigenvalue weighted by Gasteiger charge is -2.31. The van der Waals surface area contributed by atoms with Gasteiger partial charge in [-0.15, -0.1) is 0 Å². The molecule has 0 spiro atoms. The van der Waals surface area contributed by atoms with Crippen molar-refractivity contribution < 1.29 is 38.2 Å². The second kappa shape index (κ2) is 40.5. The van der Waals surface area contributed by atoms with Crippen LogP contribution >= 0.6 is 0 Å². The Balaban J connectivity index is 4.53. The number of hydrogen-bond acceptors (Lipinski definition) is 6. The zero-order valence-corrected chi connectivity index (χ0v) is 37.4. The average Bonchev–Trinajstić information content (AvgIpc) is 3.19. The van der Waals surface area contributed by atoms with Gasteiger partial charge >= 0.3 is 17.9 Å². The first-order chi connectivity index (χ1) is 28.6. The van der Waals surface area contributed by atoms with Crippen LogP contribution in [-0.4, -0.2) is 80.6 Å². The van der Waals surface area contributed by atoms with Gasteiger partial charge < -0.3 is 23.8 Å². The second-order valence-electron chi connectivity index (χ2n) is 15.3. The summed E-state index contributed by atoms with van der Waals surface area (Å²) >= 11 is 0. The number of unbranched alkanes of at least 4 members (excludes halogenated alkanes) is 7. The van der Waals surface area contributed by atoms with Gasteiger partial charge in [0.25, 0.3) is 0 Å². The van der Waals surface area contributed by atoms with E-state index in [-0.39, 0.29) is 42.7 Å². The van der Waals surface area contributed by atoms with E-state index >= 15 is 0 Å². The normalized spacial score (nSPS) is 14.1. The van der Waals surface area contributed by atoms with Gasteiger partial charge in [-0.3, -0.25) is 9.59 Å². The Labute approximate surface area is 359 Å². The van der Waals surface area contributed by atoms with Crippen molar-refractivity contribution >= 4 is 17.9 Å². The van der Waals surface area contributed by atoms with Crippen molar-refractivity contribution in [3.05, 3.63) is 122 Å². The van der Waals surface area contributed by atoms with Crippen LogP contribution in [0, 0.1) is 0 Å². The summed E-state index contributed by atoms with van der Waals surface area (Å²) in [5.41, 5.74) is 0. The lowest BCUT2D eigenvalue weighted by Crippen LogP contribution is -2.50. The molecule has 0 rings (SSSR count). The van der Waals surface area contributed by atoms with E-state index in [4.69, 9.17) is 14.2 Å². The molecule has 0 aromatic carbocycles. The molecule has 0 aromatic heterocycles. The molecule has 2 atom stereocenters. The van der Waals surface area contributed by atoms with E-state index in [1.807, 2.05) is 57.6 Å². The number of ether oxygens (including phenoxy) is 3. The first-order valence-corrected chi connectivity index (χ1v) is 22.1. The second-order valence-corrected chi connectivity index (χ2v) is 15.3. The quantitative estimate of drug-likeness (QED) is 0.0219. The van der Waals surface area contributed by atoms with Gasteiger partial charge in [0, 0.05) is 19.3 Å². The van der Waals surface area contributed by atoms with E-state index in [1.165, 1.54) is 6.42 Å². The monoisotopic (exact) mass is 819 g/mol. The maximum absolute atomic E-state index is 12.7. The number of nitrogens with zero attached hydrogens (tertiary/aromatic N) is 1. The summed E-state index contributed by atoms with van der Waals surface area (Å²) in [6.07, 6.45) is 56.7. The lowest BCUT2D eigenvalue weighted by atomic mass is 10.1. The van der Waals surface area contributed by atoms with Crippen LogP contribution in [-0.2, 0) is 28.6 Å². The Morgan fingerprint density at radius 2 is 1.03 bits per heavy atom. The Morgan fingerprint density at radius 3 is 1.59 bits per heavy atom. The molecule has 2 unspecified atom stereocenters. The summed E-state index contributed by atoms with van der Waals surface area (Å²) in [5, 5.41) is 9.62. The van der Waals surface area contributed by atoms with E-state index in [0.29, 0.717) is 19.3 Å². The molecular formula is C51H80NO7+. The molecule has 0 saturated carbocycles. The average molecular weight is 819 g/mol. The minimum atomic E-state index is -0.895. The molecule has 0 aliphatic carbocycles. The number of allylic oxidation sites excluding steroid dienone is 20. The summed E-state index contributed by atoms with van der Waals surface area (Å²) in [4.78, 5) is 37.0. The third-order valence-electron chi connectivity index (χ3n) is 8.95. The van der Waals surface area contributed by atoms with Crippen LogP contribution < -0.4 is 0 Å². The van der Waals surface area contributed by atoms with Crippen molar-refractivity contribution in [2.45, 2.75) is 142 Å². The fourth-order valence-electron chi connectivity index (χ4n) is 5.57. The predicted molar refractivity (Wildman–Crippen MR) is 247 cm³/mol. The highest BCUT2D eigenvalue weighted by Gasteiger charge is 2.31. The molecule has 0 heterocycles. The van der Waals surface area contributed by atoms with Gasteiger partial charge in [-0.05, 0) is 70.6 Å². The first-order valence-electron chi connectivity index (χ1n) is 22.1. The summed E-state index contributed by atoms with van der Waals surface area (Å²) in [6.45, 7) is 4.41. The highest BCUT2D eigenvalue weighted by Crippen LogP contribution is 2.11. The van der Waals surface area contributed by atoms with Gasteiger partial charge in [-0.25, -0.2) is 4.79 Å². The van der Waals surface area contributed by atoms with E-state index in [9.17, 15) is 19.5 Å². The molecule has 0 fully saturated rings. The van der Waals surface area contributed by atoms with Crippen LogP contribution in [0.4, 0.5) is 0 Å². The molecule has 0 bridgehead atoms. The van der Waals surface area contributed by atoms with Crippen molar-refractivity contribution in [3.8, 4) is 0 Å². The Bertz CT molecular complexity index is 1370. The molecule has 0 aromatic rings. The van der Waals surface area contributed by atoms with Gasteiger partial charge in [0.05, 0.1) is 34.4 Å². The largest absolute Gasteiger partial charge is 0.477 e. The van der Waals surface area contributed by atoms with Crippen molar-refractivity contribution in [2.75, 3.05) is 41.0 Å². The van der Waals surface area contributed by atoms with Gasteiger partial charge in [0.15, 0.2) is 12.1 Å². The number of carboxylic acid groups (broad SMARTS) is 1. The fourth-order valence-corrected chi connectivity index (χ4v) is 5.57. The number of carbonyl (C=O) groups excluding carboxylic acids is 2. The number of hydrogen-bond donors (Lipinski definition) is 1. The molecule has 0 aliphatic heterocycles. The van der Waals surface area contributed by atoms with Crippen LogP contribution in [0.25, 0.3) is 0 Å². The van der Waals surface area contributed by atoms with Crippen LogP contribution in [0.1, 0.15) is 129 Å². The molecule has 8 heteroatoms. The number of carboxylic acids is 1. The van der Waals surface area contributed by atoms with Crippen LogP contribution in [0.5, 0.6) is 0 Å². The number of aliphatic carboxylic acids is 1. The minimum Gasteiger partial charge on any atom is -0.477 e. The zero-order valence-electron chi connectivity index (χ0n) is 37.4.